The van der Waals surface area contributed by atoms with Crippen molar-refractivity contribution in [1.29, 1.82) is 0 Å². The van der Waals surface area contributed by atoms with Gasteiger partial charge in [-0.2, -0.15) is 5.10 Å². The molecule has 0 spiro atoms. The molecule has 1 aliphatic rings. The number of ether oxygens (including phenoxy) is 2. The molecule has 156 valence electrons. The van der Waals surface area contributed by atoms with Crippen LogP contribution < -0.4 is 10.1 Å². The van der Waals surface area contributed by atoms with E-state index < -0.39 is 0 Å². The minimum absolute atomic E-state index is 0.114. The molecule has 7 heteroatoms. The van der Waals surface area contributed by atoms with Crippen LogP contribution in [0.15, 0.2) is 54.6 Å². The number of amides is 1. The molecular weight excluding hydrogens is 402 g/mol. The zero-order chi connectivity index (χ0) is 21.1. The Morgan fingerprint density at radius 2 is 1.97 bits per heavy atom. The zero-order valence-corrected chi connectivity index (χ0v) is 17.7. The molecule has 0 radical (unpaired) electrons. The fraction of sp³-hybridized carbons (Fsp3) is 0.304. The SMILES string of the molecule is CC(C)Oc1ccc(CNC(=O)c2cc3n(n2)CC(c2ccc(Cl)cc2)OC3)cc1. The summed E-state index contributed by atoms with van der Waals surface area (Å²) in [5, 5.41) is 8.09. The Bertz CT molecular complexity index is 1010. The summed E-state index contributed by atoms with van der Waals surface area (Å²) in [6.07, 6.45) is 0.0166. The number of hydrogen-bond donors (Lipinski definition) is 1. The number of carbonyl (C=O) groups is 1. The Kier molecular flexibility index (Phi) is 6.06. The quantitative estimate of drug-likeness (QED) is 0.630. The van der Waals surface area contributed by atoms with Gasteiger partial charge in [0.15, 0.2) is 5.69 Å². The number of benzene rings is 2. The number of fused-ring (bicyclic) bond motifs is 1. The maximum absolute atomic E-state index is 12.6. The van der Waals surface area contributed by atoms with Crippen molar-refractivity contribution >= 4 is 17.5 Å². The highest BCUT2D eigenvalue weighted by molar-refractivity contribution is 6.30. The highest BCUT2D eigenvalue weighted by Crippen LogP contribution is 2.27. The molecular formula is C23H24ClN3O3. The van der Waals surface area contributed by atoms with Gasteiger partial charge in [0.05, 0.1) is 24.9 Å². The second-order valence-electron chi connectivity index (χ2n) is 7.55. The number of aromatic nitrogens is 2. The van der Waals surface area contributed by atoms with Gasteiger partial charge in [0.25, 0.3) is 5.91 Å². The van der Waals surface area contributed by atoms with Gasteiger partial charge in [-0.15, -0.1) is 0 Å². The molecule has 0 bridgehead atoms. The summed E-state index contributed by atoms with van der Waals surface area (Å²) in [7, 11) is 0. The minimum Gasteiger partial charge on any atom is -0.491 e. The molecule has 1 aliphatic heterocycles. The highest BCUT2D eigenvalue weighted by atomic mass is 35.5. The molecule has 1 atom stereocenters. The third-order valence-electron chi connectivity index (χ3n) is 4.86. The number of nitrogens with zero attached hydrogens (tertiary/aromatic N) is 2. The van der Waals surface area contributed by atoms with Crippen LogP contribution in [-0.4, -0.2) is 21.8 Å². The minimum atomic E-state index is -0.206. The molecule has 30 heavy (non-hydrogen) atoms. The normalized spacial score (nSPS) is 15.7. The van der Waals surface area contributed by atoms with Crippen LogP contribution in [0.25, 0.3) is 0 Å². The first-order valence-corrected chi connectivity index (χ1v) is 10.3. The van der Waals surface area contributed by atoms with Gasteiger partial charge in [-0.05, 0) is 55.3 Å². The fourth-order valence-corrected chi connectivity index (χ4v) is 3.47. The molecule has 0 aliphatic carbocycles. The van der Waals surface area contributed by atoms with Crippen LogP contribution in [0.4, 0.5) is 0 Å². The molecule has 2 heterocycles. The first-order valence-electron chi connectivity index (χ1n) is 9.95. The van der Waals surface area contributed by atoms with Crippen molar-refractivity contribution in [2.45, 2.75) is 45.8 Å². The number of carbonyl (C=O) groups excluding carboxylic acids is 1. The summed E-state index contributed by atoms with van der Waals surface area (Å²) in [5.41, 5.74) is 3.32. The second-order valence-corrected chi connectivity index (χ2v) is 7.98. The standard InChI is InChI=1S/C23H24ClN3O3/c1-15(2)30-20-9-3-16(4-10-20)12-25-23(28)21-11-19-14-29-22(13-27(19)26-21)17-5-7-18(24)8-6-17/h3-11,15,22H,12-14H2,1-2H3,(H,25,28). The van der Waals surface area contributed by atoms with E-state index in [2.05, 4.69) is 10.4 Å². The maximum atomic E-state index is 12.6. The Hall–Kier alpha value is -2.83. The van der Waals surface area contributed by atoms with Gasteiger partial charge in [-0.1, -0.05) is 35.9 Å². The Balaban J connectivity index is 1.36. The topological polar surface area (TPSA) is 65.4 Å². The van der Waals surface area contributed by atoms with Crippen LogP contribution in [0, 0.1) is 0 Å². The monoisotopic (exact) mass is 425 g/mol. The van der Waals surface area contributed by atoms with E-state index in [1.54, 1.807) is 6.07 Å². The molecule has 0 saturated heterocycles. The first-order chi connectivity index (χ1) is 14.5. The average molecular weight is 426 g/mol. The van der Waals surface area contributed by atoms with E-state index in [0.717, 1.165) is 22.6 Å². The van der Waals surface area contributed by atoms with E-state index in [4.69, 9.17) is 21.1 Å². The number of hydrogen-bond acceptors (Lipinski definition) is 4. The average Bonchev–Trinajstić information content (AvgIpc) is 3.17. The second kappa shape index (κ2) is 8.90. The molecule has 2 aromatic carbocycles. The molecule has 0 fully saturated rings. The number of rotatable bonds is 6. The third-order valence-corrected chi connectivity index (χ3v) is 5.11. The van der Waals surface area contributed by atoms with Gasteiger partial charge in [0, 0.05) is 11.6 Å². The molecule has 4 rings (SSSR count). The van der Waals surface area contributed by atoms with Crippen molar-refractivity contribution in [1.82, 2.24) is 15.1 Å². The summed E-state index contributed by atoms with van der Waals surface area (Å²) >= 11 is 5.96. The zero-order valence-electron chi connectivity index (χ0n) is 17.0. The Morgan fingerprint density at radius 1 is 1.23 bits per heavy atom. The third kappa shape index (κ3) is 4.83. The molecule has 1 aromatic heterocycles. The van der Waals surface area contributed by atoms with E-state index >= 15 is 0 Å². The van der Waals surface area contributed by atoms with Crippen molar-refractivity contribution in [3.8, 4) is 5.75 Å². The van der Waals surface area contributed by atoms with Crippen molar-refractivity contribution in [2.24, 2.45) is 0 Å². The molecule has 3 aromatic rings. The van der Waals surface area contributed by atoms with Crippen molar-refractivity contribution in [3.63, 3.8) is 0 Å². The van der Waals surface area contributed by atoms with Crippen LogP contribution in [0.5, 0.6) is 5.75 Å². The highest BCUT2D eigenvalue weighted by Gasteiger charge is 2.24. The lowest BCUT2D eigenvalue weighted by Gasteiger charge is -2.24. The predicted molar refractivity (Wildman–Crippen MR) is 115 cm³/mol. The smallest absolute Gasteiger partial charge is 0.272 e. The van der Waals surface area contributed by atoms with Gasteiger partial charge in [0.2, 0.25) is 0 Å². The predicted octanol–water partition coefficient (Wildman–Crippen LogP) is 4.53. The van der Waals surface area contributed by atoms with Gasteiger partial charge >= 0.3 is 0 Å². The fourth-order valence-electron chi connectivity index (χ4n) is 3.35. The molecule has 1 N–H and O–H groups in total. The number of nitrogens with one attached hydrogen (secondary N) is 1. The van der Waals surface area contributed by atoms with Crippen molar-refractivity contribution in [2.75, 3.05) is 0 Å². The summed E-state index contributed by atoms with van der Waals surface area (Å²) in [6.45, 7) is 5.36. The summed E-state index contributed by atoms with van der Waals surface area (Å²) in [6, 6.07) is 17.1. The van der Waals surface area contributed by atoms with Gasteiger partial charge in [-0.3, -0.25) is 9.48 Å². The van der Waals surface area contributed by atoms with E-state index in [9.17, 15) is 4.79 Å². The summed E-state index contributed by atoms with van der Waals surface area (Å²) in [5.74, 6) is 0.611. The van der Waals surface area contributed by atoms with Crippen LogP contribution >= 0.6 is 11.6 Å². The molecule has 0 saturated carbocycles. The Morgan fingerprint density at radius 3 is 2.67 bits per heavy atom. The molecule has 1 amide bonds. The van der Waals surface area contributed by atoms with E-state index in [-0.39, 0.29) is 18.1 Å². The lowest BCUT2D eigenvalue weighted by Crippen LogP contribution is -2.24. The van der Waals surface area contributed by atoms with Crippen molar-refractivity contribution in [3.05, 3.63) is 82.1 Å². The van der Waals surface area contributed by atoms with E-state index in [1.165, 1.54) is 0 Å². The van der Waals surface area contributed by atoms with Crippen molar-refractivity contribution < 1.29 is 14.3 Å². The molecule has 6 nitrogen and oxygen atoms in total. The summed E-state index contributed by atoms with van der Waals surface area (Å²) < 4.78 is 13.4. The lowest BCUT2D eigenvalue weighted by molar-refractivity contribution is -0.00119. The van der Waals surface area contributed by atoms with Gasteiger partial charge in [-0.25, -0.2) is 0 Å². The largest absolute Gasteiger partial charge is 0.491 e. The lowest BCUT2D eigenvalue weighted by atomic mass is 10.1. The first kappa shape index (κ1) is 20.4. The van der Waals surface area contributed by atoms with Gasteiger partial charge < -0.3 is 14.8 Å². The maximum Gasteiger partial charge on any atom is 0.272 e. The number of halogens is 1. The van der Waals surface area contributed by atoms with Crippen LogP contribution in [-0.2, 0) is 24.4 Å². The van der Waals surface area contributed by atoms with E-state index in [1.807, 2.05) is 67.1 Å². The van der Waals surface area contributed by atoms with Crippen LogP contribution in [0.2, 0.25) is 5.02 Å². The summed E-state index contributed by atoms with van der Waals surface area (Å²) in [4.78, 5) is 12.6. The molecule has 1 unspecified atom stereocenters. The Labute approximate surface area is 180 Å². The van der Waals surface area contributed by atoms with Crippen LogP contribution in [0.1, 0.15) is 47.3 Å². The van der Waals surface area contributed by atoms with Gasteiger partial charge in [0.1, 0.15) is 11.9 Å². The van der Waals surface area contributed by atoms with E-state index in [0.29, 0.717) is 30.4 Å². The van der Waals surface area contributed by atoms with Crippen LogP contribution in [0.3, 0.4) is 0 Å².